The van der Waals surface area contributed by atoms with Crippen LogP contribution in [-0.2, 0) is 20.5 Å². The van der Waals surface area contributed by atoms with Gasteiger partial charge in [0.1, 0.15) is 5.82 Å². The molecule has 0 spiro atoms. The summed E-state index contributed by atoms with van der Waals surface area (Å²) in [6.45, 7) is 5.16. The number of likely N-dealkylation sites (N-methyl/N-ethyl adjacent to an activating group) is 1. The Morgan fingerprint density at radius 2 is 1.86 bits per heavy atom. The maximum absolute atomic E-state index is 11.9. The molecule has 0 aliphatic rings. The average molecular weight is 426 g/mol. The SMILES string of the molecule is CCN(CCCc1cccc([N+](=O)[O-])c1)CCNc1cc(=O)n(C)c(=O)n1C.Cl. The number of halogens is 1. The van der Waals surface area contributed by atoms with Crippen LogP contribution < -0.4 is 16.6 Å². The minimum absolute atomic E-state index is 0. The van der Waals surface area contributed by atoms with Crippen molar-refractivity contribution in [3.05, 3.63) is 66.8 Å². The Morgan fingerprint density at radius 1 is 1.14 bits per heavy atom. The number of anilines is 1. The van der Waals surface area contributed by atoms with E-state index in [1.807, 2.05) is 6.07 Å². The lowest BCUT2D eigenvalue weighted by molar-refractivity contribution is -0.384. The molecule has 10 heteroatoms. The van der Waals surface area contributed by atoms with Crippen molar-refractivity contribution < 1.29 is 4.92 Å². The number of rotatable bonds is 10. The Kier molecular flexibility index (Phi) is 9.57. The van der Waals surface area contributed by atoms with E-state index >= 15 is 0 Å². The van der Waals surface area contributed by atoms with Crippen LogP contribution in [0.3, 0.4) is 0 Å². The molecule has 0 saturated heterocycles. The molecule has 0 radical (unpaired) electrons. The summed E-state index contributed by atoms with van der Waals surface area (Å²) in [4.78, 5) is 36.4. The number of nitrogens with zero attached hydrogens (tertiary/aromatic N) is 4. The van der Waals surface area contributed by atoms with Crippen LogP contribution in [0, 0.1) is 10.1 Å². The highest BCUT2D eigenvalue weighted by Gasteiger charge is 2.08. The molecule has 0 fully saturated rings. The third-order valence-corrected chi connectivity index (χ3v) is 4.77. The van der Waals surface area contributed by atoms with E-state index in [0.29, 0.717) is 12.4 Å². The number of non-ortho nitro benzene ring substituents is 1. The zero-order chi connectivity index (χ0) is 20.7. The van der Waals surface area contributed by atoms with Crippen molar-refractivity contribution in [1.29, 1.82) is 0 Å². The minimum atomic E-state index is -0.377. The van der Waals surface area contributed by atoms with Gasteiger partial charge in [0.15, 0.2) is 0 Å². The van der Waals surface area contributed by atoms with Gasteiger partial charge >= 0.3 is 5.69 Å². The first kappa shape index (κ1) is 24.4. The van der Waals surface area contributed by atoms with Crippen molar-refractivity contribution in [2.24, 2.45) is 14.1 Å². The maximum Gasteiger partial charge on any atom is 0.332 e. The fraction of sp³-hybridized carbons (Fsp3) is 0.474. The fourth-order valence-corrected chi connectivity index (χ4v) is 3.00. The Bertz CT molecular complexity index is 941. The van der Waals surface area contributed by atoms with Crippen LogP contribution in [0.2, 0.25) is 0 Å². The molecule has 1 aromatic carbocycles. The van der Waals surface area contributed by atoms with Gasteiger partial charge in [-0.2, -0.15) is 0 Å². The van der Waals surface area contributed by atoms with E-state index in [-0.39, 0.29) is 34.3 Å². The Morgan fingerprint density at radius 3 is 2.52 bits per heavy atom. The summed E-state index contributed by atoms with van der Waals surface area (Å²) in [5.41, 5.74) is 0.376. The Labute approximate surface area is 175 Å². The van der Waals surface area contributed by atoms with Gasteiger partial charge in [0, 0.05) is 45.4 Å². The van der Waals surface area contributed by atoms with E-state index in [2.05, 4.69) is 17.1 Å². The predicted molar refractivity (Wildman–Crippen MR) is 116 cm³/mol. The average Bonchev–Trinajstić information content (AvgIpc) is 2.69. The second kappa shape index (κ2) is 11.4. The molecule has 1 heterocycles. The molecule has 0 bridgehead atoms. The second-order valence-corrected chi connectivity index (χ2v) is 6.66. The molecule has 29 heavy (non-hydrogen) atoms. The molecule has 0 amide bonds. The lowest BCUT2D eigenvalue weighted by Crippen LogP contribution is -2.38. The van der Waals surface area contributed by atoms with Crippen molar-refractivity contribution in [3.63, 3.8) is 0 Å². The molecule has 160 valence electrons. The topological polar surface area (TPSA) is 102 Å². The van der Waals surface area contributed by atoms with Gasteiger partial charge in [0.05, 0.1) is 4.92 Å². The van der Waals surface area contributed by atoms with Crippen LogP contribution in [0.4, 0.5) is 11.5 Å². The number of nitro benzene ring substituents is 1. The van der Waals surface area contributed by atoms with Gasteiger partial charge in [0.2, 0.25) is 0 Å². The highest BCUT2D eigenvalue weighted by Crippen LogP contribution is 2.14. The van der Waals surface area contributed by atoms with E-state index in [0.717, 1.165) is 42.6 Å². The highest BCUT2D eigenvalue weighted by atomic mass is 35.5. The predicted octanol–water partition coefficient (Wildman–Crippen LogP) is 1.78. The molecule has 2 rings (SSSR count). The van der Waals surface area contributed by atoms with Gasteiger partial charge in [-0.1, -0.05) is 19.1 Å². The third kappa shape index (κ3) is 6.72. The Hall–Kier alpha value is -2.65. The molecular formula is C19H28ClN5O4. The van der Waals surface area contributed by atoms with Crippen LogP contribution in [0.5, 0.6) is 0 Å². The lowest BCUT2D eigenvalue weighted by Gasteiger charge is -2.21. The second-order valence-electron chi connectivity index (χ2n) is 6.66. The van der Waals surface area contributed by atoms with Crippen LogP contribution >= 0.6 is 12.4 Å². The number of benzene rings is 1. The largest absolute Gasteiger partial charge is 0.370 e. The van der Waals surface area contributed by atoms with Gasteiger partial charge in [-0.25, -0.2) is 4.79 Å². The fourth-order valence-electron chi connectivity index (χ4n) is 3.00. The first-order chi connectivity index (χ1) is 13.3. The summed E-state index contributed by atoms with van der Waals surface area (Å²) in [6, 6.07) is 8.15. The van der Waals surface area contributed by atoms with Crippen molar-refractivity contribution in [1.82, 2.24) is 14.0 Å². The normalized spacial score (nSPS) is 10.6. The molecule has 0 atom stereocenters. The van der Waals surface area contributed by atoms with Crippen LogP contribution in [0.15, 0.2) is 39.9 Å². The summed E-state index contributed by atoms with van der Waals surface area (Å²) >= 11 is 0. The molecule has 1 aromatic heterocycles. The number of nitro groups is 1. The van der Waals surface area contributed by atoms with E-state index < -0.39 is 0 Å². The van der Waals surface area contributed by atoms with Crippen molar-refractivity contribution in [2.45, 2.75) is 19.8 Å². The molecule has 0 aliphatic carbocycles. The van der Waals surface area contributed by atoms with Crippen LogP contribution in [0.1, 0.15) is 18.9 Å². The molecule has 9 nitrogen and oxygen atoms in total. The number of aromatic nitrogens is 2. The van der Waals surface area contributed by atoms with Crippen molar-refractivity contribution in [3.8, 4) is 0 Å². The van der Waals surface area contributed by atoms with E-state index in [4.69, 9.17) is 0 Å². The molecule has 0 unspecified atom stereocenters. The van der Waals surface area contributed by atoms with Crippen molar-refractivity contribution >= 4 is 23.9 Å². The van der Waals surface area contributed by atoms with E-state index in [9.17, 15) is 19.7 Å². The highest BCUT2D eigenvalue weighted by molar-refractivity contribution is 5.85. The number of hydrogen-bond donors (Lipinski definition) is 1. The third-order valence-electron chi connectivity index (χ3n) is 4.77. The molecule has 2 aromatic rings. The number of hydrogen-bond acceptors (Lipinski definition) is 6. The maximum atomic E-state index is 11.9. The first-order valence-electron chi connectivity index (χ1n) is 9.30. The standard InChI is InChI=1S/C19H27N5O4.ClH/c1-4-23(11-6-8-15-7-5-9-16(13-15)24(27)28)12-10-20-17-14-18(25)22(3)19(26)21(17)2;/h5,7,9,13-14,20H,4,6,8,10-12H2,1-3H3;1H. The monoisotopic (exact) mass is 425 g/mol. The first-order valence-corrected chi connectivity index (χ1v) is 9.30. The molecule has 0 aliphatic heterocycles. The van der Waals surface area contributed by atoms with Gasteiger partial charge in [-0.15, -0.1) is 12.4 Å². The Balaban J connectivity index is 0.00000420. The van der Waals surface area contributed by atoms with Crippen LogP contribution in [0.25, 0.3) is 0 Å². The summed E-state index contributed by atoms with van der Waals surface area (Å²) in [5.74, 6) is 0.501. The summed E-state index contributed by atoms with van der Waals surface area (Å²) in [6.07, 6.45) is 1.66. The zero-order valence-electron chi connectivity index (χ0n) is 17.0. The van der Waals surface area contributed by atoms with E-state index in [1.54, 1.807) is 19.2 Å². The number of aryl methyl sites for hydroxylation is 1. The summed E-state index contributed by atoms with van der Waals surface area (Å²) < 4.78 is 2.48. The van der Waals surface area contributed by atoms with Gasteiger partial charge in [0.25, 0.3) is 11.2 Å². The quantitative estimate of drug-likeness (QED) is 0.459. The minimum Gasteiger partial charge on any atom is -0.370 e. The van der Waals surface area contributed by atoms with Crippen molar-refractivity contribution in [2.75, 3.05) is 31.5 Å². The lowest BCUT2D eigenvalue weighted by atomic mass is 10.1. The van der Waals surface area contributed by atoms with E-state index in [1.165, 1.54) is 23.7 Å². The molecular weight excluding hydrogens is 398 g/mol. The van der Waals surface area contributed by atoms with Gasteiger partial charge in [-0.3, -0.25) is 24.0 Å². The van der Waals surface area contributed by atoms with Gasteiger partial charge in [-0.05, 0) is 31.5 Å². The summed E-state index contributed by atoms with van der Waals surface area (Å²) in [7, 11) is 3.08. The zero-order valence-corrected chi connectivity index (χ0v) is 17.8. The molecule has 1 N–H and O–H groups in total. The van der Waals surface area contributed by atoms with Gasteiger partial charge < -0.3 is 10.2 Å². The molecule has 0 saturated carbocycles. The smallest absolute Gasteiger partial charge is 0.332 e. The van der Waals surface area contributed by atoms with Crippen LogP contribution in [-0.4, -0.2) is 45.1 Å². The number of nitrogens with one attached hydrogen (secondary N) is 1. The summed E-state index contributed by atoms with van der Waals surface area (Å²) in [5, 5.41) is 14.0.